The predicted molar refractivity (Wildman–Crippen MR) is 81.5 cm³/mol. The number of H-pyrrole nitrogens is 1. The molecular weight excluding hydrogens is 310 g/mol. The highest BCUT2D eigenvalue weighted by Crippen LogP contribution is 2.26. The van der Waals surface area contributed by atoms with E-state index < -0.39 is 0 Å². The third-order valence-corrected chi connectivity index (χ3v) is 4.02. The van der Waals surface area contributed by atoms with E-state index in [1.54, 1.807) is 21.7 Å². The van der Waals surface area contributed by atoms with Crippen LogP contribution in [-0.4, -0.2) is 58.0 Å². The Morgan fingerprint density at radius 3 is 3.04 bits per heavy atom. The lowest BCUT2D eigenvalue weighted by molar-refractivity contribution is 0.193. The Bertz CT molecular complexity index is 981. The van der Waals surface area contributed by atoms with Crippen LogP contribution in [0.25, 0.3) is 23.0 Å². The molecule has 4 aromatic rings. The van der Waals surface area contributed by atoms with Gasteiger partial charge in [0.05, 0.1) is 6.61 Å². The van der Waals surface area contributed by atoms with Gasteiger partial charge in [-0.15, -0.1) is 20.4 Å². The summed E-state index contributed by atoms with van der Waals surface area (Å²) in [6.07, 6.45) is 4.16. The van der Waals surface area contributed by atoms with Crippen molar-refractivity contribution in [2.45, 2.75) is 12.3 Å². The Morgan fingerprint density at radius 1 is 1.21 bits per heavy atom. The number of ether oxygens (including phenoxy) is 1. The van der Waals surface area contributed by atoms with Crippen molar-refractivity contribution in [3.8, 4) is 17.3 Å². The summed E-state index contributed by atoms with van der Waals surface area (Å²) >= 11 is 0. The summed E-state index contributed by atoms with van der Waals surface area (Å²) in [6.45, 7) is 1.38. The zero-order valence-corrected chi connectivity index (χ0v) is 12.6. The van der Waals surface area contributed by atoms with Crippen LogP contribution in [0, 0.1) is 0 Å². The molecule has 1 fully saturated rings. The molecule has 1 aliphatic rings. The quantitative estimate of drug-likeness (QED) is 0.587. The van der Waals surface area contributed by atoms with Gasteiger partial charge in [0, 0.05) is 18.7 Å². The molecule has 0 unspecified atom stereocenters. The topological polar surface area (TPSA) is 112 Å². The number of fused-ring (bicyclic) bond motifs is 1. The van der Waals surface area contributed by atoms with Gasteiger partial charge in [-0.05, 0) is 24.6 Å². The SMILES string of the molecule is c1cc(-c2nc([C@@H]3CCOC3)nn2-c2ccc3nncn3n2)[nH]n1. The highest BCUT2D eigenvalue weighted by Gasteiger charge is 2.25. The van der Waals surface area contributed by atoms with Gasteiger partial charge in [0.1, 0.15) is 12.0 Å². The van der Waals surface area contributed by atoms with Crippen LogP contribution in [0.4, 0.5) is 0 Å². The fraction of sp³-hybridized carbons (Fsp3) is 0.286. The van der Waals surface area contributed by atoms with Gasteiger partial charge in [-0.1, -0.05) is 0 Å². The molecule has 5 rings (SSSR count). The van der Waals surface area contributed by atoms with Crippen LogP contribution in [0.15, 0.2) is 30.7 Å². The van der Waals surface area contributed by atoms with Gasteiger partial charge in [0.25, 0.3) is 0 Å². The van der Waals surface area contributed by atoms with Crippen molar-refractivity contribution in [3.63, 3.8) is 0 Å². The first-order chi connectivity index (χ1) is 11.9. The van der Waals surface area contributed by atoms with Crippen LogP contribution in [0.3, 0.4) is 0 Å². The van der Waals surface area contributed by atoms with Crippen LogP contribution in [-0.2, 0) is 4.74 Å². The zero-order chi connectivity index (χ0) is 15.9. The normalized spacial score (nSPS) is 17.8. The number of rotatable bonds is 3. The molecule has 1 N–H and O–H groups in total. The molecule has 0 spiro atoms. The summed E-state index contributed by atoms with van der Waals surface area (Å²) in [5.41, 5.74) is 1.45. The highest BCUT2D eigenvalue weighted by molar-refractivity contribution is 5.52. The molecule has 1 atom stereocenters. The molecule has 0 bridgehead atoms. The smallest absolute Gasteiger partial charge is 0.183 e. The first-order valence-corrected chi connectivity index (χ1v) is 7.60. The summed E-state index contributed by atoms with van der Waals surface area (Å²) < 4.78 is 8.77. The maximum atomic E-state index is 5.46. The summed E-state index contributed by atoms with van der Waals surface area (Å²) in [6, 6.07) is 5.53. The molecule has 0 saturated carbocycles. The minimum Gasteiger partial charge on any atom is -0.381 e. The monoisotopic (exact) mass is 323 g/mol. The first-order valence-electron chi connectivity index (χ1n) is 7.60. The Labute approximate surface area is 135 Å². The predicted octanol–water partition coefficient (Wildman–Crippen LogP) is 0.599. The van der Waals surface area contributed by atoms with Crippen LogP contribution in [0.2, 0.25) is 0 Å². The molecular formula is C14H13N9O. The molecule has 0 radical (unpaired) electrons. The highest BCUT2D eigenvalue weighted by atomic mass is 16.5. The van der Waals surface area contributed by atoms with Gasteiger partial charge < -0.3 is 4.74 Å². The summed E-state index contributed by atoms with van der Waals surface area (Å²) in [5.74, 6) is 2.24. The van der Waals surface area contributed by atoms with Gasteiger partial charge in [-0.25, -0.2) is 4.98 Å². The lowest BCUT2D eigenvalue weighted by Crippen LogP contribution is -2.06. The standard InChI is InChI=1S/C14H13N9O/c1-2-12(20-22-8-16-19-11(1)22)23-14(10-3-5-15-18-10)17-13(21-23)9-4-6-24-7-9/h1-3,5,8-9H,4,6-7H2,(H,15,18)/t9-/m1/s1. The first kappa shape index (κ1) is 13.3. The molecule has 24 heavy (non-hydrogen) atoms. The van der Waals surface area contributed by atoms with E-state index in [1.807, 2.05) is 18.2 Å². The van der Waals surface area contributed by atoms with Gasteiger partial charge >= 0.3 is 0 Å². The fourth-order valence-electron chi connectivity index (χ4n) is 2.78. The fourth-order valence-corrected chi connectivity index (χ4v) is 2.78. The minimum atomic E-state index is 0.201. The van der Waals surface area contributed by atoms with E-state index in [9.17, 15) is 0 Å². The average Bonchev–Trinajstić information content (AvgIpc) is 3.41. The second-order valence-corrected chi connectivity index (χ2v) is 5.56. The maximum Gasteiger partial charge on any atom is 0.183 e. The van der Waals surface area contributed by atoms with E-state index in [2.05, 4.69) is 30.6 Å². The summed E-state index contributed by atoms with van der Waals surface area (Å²) in [7, 11) is 0. The largest absolute Gasteiger partial charge is 0.381 e. The second-order valence-electron chi connectivity index (χ2n) is 5.56. The van der Waals surface area contributed by atoms with E-state index in [-0.39, 0.29) is 5.92 Å². The van der Waals surface area contributed by atoms with Gasteiger partial charge in [0.2, 0.25) is 0 Å². The van der Waals surface area contributed by atoms with E-state index in [0.29, 0.717) is 23.9 Å². The number of aromatic amines is 1. The minimum absolute atomic E-state index is 0.201. The molecule has 0 aliphatic carbocycles. The van der Waals surface area contributed by atoms with Crippen LogP contribution >= 0.6 is 0 Å². The van der Waals surface area contributed by atoms with Crippen molar-refractivity contribution in [1.29, 1.82) is 0 Å². The van der Waals surface area contributed by atoms with E-state index in [4.69, 9.17) is 9.72 Å². The lowest BCUT2D eigenvalue weighted by Gasteiger charge is -2.03. The van der Waals surface area contributed by atoms with Crippen molar-refractivity contribution in [2.75, 3.05) is 13.2 Å². The average molecular weight is 323 g/mol. The van der Waals surface area contributed by atoms with Crippen molar-refractivity contribution >= 4 is 5.65 Å². The number of nitrogens with one attached hydrogen (secondary N) is 1. The molecule has 1 aliphatic heterocycles. The number of hydrogen-bond acceptors (Lipinski definition) is 7. The number of hydrogen-bond donors (Lipinski definition) is 1. The van der Waals surface area contributed by atoms with Crippen molar-refractivity contribution in [2.24, 2.45) is 0 Å². The lowest BCUT2D eigenvalue weighted by atomic mass is 10.1. The van der Waals surface area contributed by atoms with E-state index >= 15 is 0 Å². The van der Waals surface area contributed by atoms with Crippen molar-refractivity contribution < 1.29 is 4.74 Å². The molecule has 0 amide bonds. The third kappa shape index (κ3) is 2.07. The third-order valence-electron chi connectivity index (χ3n) is 4.02. The Balaban J connectivity index is 1.67. The molecule has 10 nitrogen and oxygen atoms in total. The number of nitrogens with zero attached hydrogens (tertiary/aromatic N) is 8. The molecule has 10 heteroatoms. The van der Waals surface area contributed by atoms with E-state index in [0.717, 1.165) is 24.5 Å². The summed E-state index contributed by atoms with van der Waals surface area (Å²) in [4.78, 5) is 4.70. The Hall–Kier alpha value is -3.14. The Morgan fingerprint density at radius 2 is 2.21 bits per heavy atom. The molecule has 4 aromatic heterocycles. The van der Waals surface area contributed by atoms with Crippen molar-refractivity contribution in [3.05, 3.63) is 36.5 Å². The maximum absolute atomic E-state index is 5.46. The van der Waals surface area contributed by atoms with E-state index in [1.165, 1.54) is 0 Å². The van der Waals surface area contributed by atoms with Crippen LogP contribution in [0.5, 0.6) is 0 Å². The van der Waals surface area contributed by atoms with Crippen LogP contribution in [0.1, 0.15) is 18.2 Å². The molecule has 1 saturated heterocycles. The van der Waals surface area contributed by atoms with Gasteiger partial charge in [-0.2, -0.15) is 14.3 Å². The van der Waals surface area contributed by atoms with Gasteiger partial charge in [-0.3, -0.25) is 5.10 Å². The second kappa shape index (κ2) is 5.20. The molecule has 120 valence electrons. The molecule has 0 aromatic carbocycles. The zero-order valence-electron chi connectivity index (χ0n) is 12.6. The summed E-state index contributed by atoms with van der Waals surface area (Å²) in [5, 5.41) is 23.9. The van der Waals surface area contributed by atoms with Crippen molar-refractivity contribution in [1.82, 2.24) is 44.8 Å². The Kier molecular flexibility index (Phi) is 2.88. The van der Waals surface area contributed by atoms with Crippen LogP contribution < -0.4 is 0 Å². The molecule has 5 heterocycles. The number of aromatic nitrogens is 9. The van der Waals surface area contributed by atoms with Gasteiger partial charge in [0.15, 0.2) is 23.1 Å².